The van der Waals surface area contributed by atoms with E-state index in [1.807, 2.05) is 13.0 Å². The van der Waals surface area contributed by atoms with Gasteiger partial charge in [0, 0.05) is 16.2 Å². The third kappa shape index (κ3) is 3.80. The van der Waals surface area contributed by atoms with Crippen LogP contribution >= 0.6 is 15.9 Å². The van der Waals surface area contributed by atoms with E-state index in [1.54, 1.807) is 6.20 Å². The van der Waals surface area contributed by atoms with Crippen LogP contribution in [0, 0.1) is 6.92 Å². The molecule has 0 aliphatic carbocycles. The number of aromatic nitrogens is 1. The van der Waals surface area contributed by atoms with Gasteiger partial charge in [-0.3, -0.25) is 0 Å². The van der Waals surface area contributed by atoms with Gasteiger partial charge in [0.25, 0.3) is 0 Å². The number of rotatable bonds is 4. The molecule has 1 rings (SSSR count). The summed E-state index contributed by atoms with van der Waals surface area (Å²) < 4.78 is 1.00. The van der Waals surface area contributed by atoms with Gasteiger partial charge in [-0.15, -0.1) is 0 Å². The molecule has 0 amide bonds. The molecule has 0 saturated heterocycles. The molecule has 0 saturated carbocycles. The van der Waals surface area contributed by atoms with Crippen molar-refractivity contribution in [3.05, 3.63) is 22.3 Å². The number of pyridine rings is 1. The fourth-order valence-corrected chi connectivity index (χ4v) is 1.86. The number of nitrogens with zero attached hydrogens (tertiary/aromatic N) is 1. The van der Waals surface area contributed by atoms with Gasteiger partial charge in [0.15, 0.2) is 0 Å². The van der Waals surface area contributed by atoms with Crippen molar-refractivity contribution < 1.29 is 0 Å². The highest BCUT2D eigenvalue weighted by Gasteiger charge is 2.17. The van der Waals surface area contributed by atoms with Crippen LogP contribution in [0.2, 0.25) is 0 Å². The van der Waals surface area contributed by atoms with E-state index in [2.05, 4.69) is 40.1 Å². The lowest BCUT2D eigenvalue weighted by atomic mass is 10.0. The molecule has 4 heteroatoms. The Hall–Kier alpha value is -0.610. The van der Waals surface area contributed by atoms with Crippen molar-refractivity contribution in [2.75, 3.05) is 11.9 Å². The largest absolute Gasteiger partial charge is 0.365 e. The zero-order valence-electron chi connectivity index (χ0n) is 9.47. The fraction of sp³-hybridized carbons (Fsp3) is 0.545. The number of anilines is 1. The molecule has 1 aromatic rings. The van der Waals surface area contributed by atoms with Crippen LogP contribution < -0.4 is 11.1 Å². The second kappa shape index (κ2) is 4.94. The summed E-state index contributed by atoms with van der Waals surface area (Å²) >= 11 is 3.40. The Morgan fingerprint density at radius 3 is 2.73 bits per heavy atom. The Labute approximate surface area is 99.6 Å². The first-order valence-electron chi connectivity index (χ1n) is 5.05. The average Bonchev–Trinajstić information content (AvgIpc) is 2.09. The third-order valence-corrected chi connectivity index (χ3v) is 2.70. The molecule has 0 unspecified atom stereocenters. The van der Waals surface area contributed by atoms with Gasteiger partial charge in [-0.25, -0.2) is 4.98 Å². The van der Waals surface area contributed by atoms with Crippen LogP contribution in [0.15, 0.2) is 16.7 Å². The number of hydrogen-bond donors (Lipinski definition) is 2. The molecule has 3 nitrogen and oxygen atoms in total. The minimum absolute atomic E-state index is 0.0136. The van der Waals surface area contributed by atoms with Gasteiger partial charge in [0.05, 0.1) is 0 Å². The predicted octanol–water partition coefficient (Wildman–Crippen LogP) is 2.69. The maximum Gasteiger partial charge on any atom is 0.129 e. The van der Waals surface area contributed by atoms with Crippen molar-refractivity contribution >= 4 is 21.7 Å². The lowest BCUT2D eigenvalue weighted by Crippen LogP contribution is -2.34. The molecule has 84 valence electrons. The number of nitrogens with two attached hydrogens (primary N) is 1. The van der Waals surface area contributed by atoms with E-state index in [9.17, 15) is 0 Å². The summed E-state index contributed by atoms with van der Waals surface area (Å²) in [5.74, 6) is 0.927. The molecule has 0 bridgehead atoms. The van der Waals surface area contributed by atoms with Crippen molar-refractivity contribution in [1.82, 2.24) is 4.98 Å². The quantitative estimate of drug-likeness (QED) is 0.886. The maximum atomic E-state index is 5.56. The van der Waals surface area contributed by atoms with Gasteiger partial charge in [0.2, 0.25) is 0 Å². The van der Waals surface area contributed by atoms with Crippen molar-refractivity contribution in [2.45, 2.75) is 32.7 Å². The first-order chi connectivity index (χ1) is 6.94. The summed E-state index contributed by atoms with van der Waals surface area (Å²) in [6.45, 7) is 6.97. The summed E-state index contributed by atoms with van der Waals surface area (Å²) in [5, 5.41) is 3.40. The summed E-state index contributed by atoms with van der Waals surface area (Å²) in [4.78, 5) is 4.35. The van der Waals surface area contributed by atoms with Gasteiger partial charge < -0.3 is 11.1 Å². The topological polar surface area (TPSA) is 50.9 Å². The van der Waals surface area contributed by atoms with Gasteiger partial charge in [-0.2, -0.15) is 0 Å². The second-order valence-corrected chi connectivity index (χ2v) is 5.28. The van der Waals surface area contributed by atoms with Crippen LogP contribution in [0.1, 0.15) is 25.8 Å². The van der Waals surface area contributed by atoms with Crippen molar-refractivity contribution in [3.8, 4) is 0 Å². The maximum absolute atomic E-state index is 5.56. The predicted molar refractivity (Wildman–Crippen MR) is 68.0 cm³/mol. The smallest absolute Gasteiger partial charge is 0.129 e. The molecule has 0 atom stereocenters. The Morgan fingerprint density at radius 1 is 1.53 bits per heavy atom. The van der Waals surface area contributed by atoms with E-state index in [0.29, 0.717) is 6.54 Å². The number of nitrogens with one attached hydrogen (secondary N) is 1. The lowest BCUT2D eigenvalue weighted by molar-refractivity contribution is 0.524. The van der Waals surface area contributed by atoms with Crippen LogP contribution in [0.25, 0.3) is 0 Å². The fourth-order valence-electron chi connectivity index (χ4n) is 1.42. The molecular formula is C11H18BrN3. The summed E-state index contributed by atoms with van der Waals surface area (Å²) in [5.41, 5.74) is 6.68. The van der Waals surface area contributed by atoms with Gasteiger partial charge >= 0.3 is 0 Å². The molecule has 3 N–H and O–H groups in total. The van der Waals surface area contributed by atoms with Crippen molar-refractivity contribution in [1.29, 1.82) is 0 Å². The Bertz CT molecular complexity index is 337. The lowest BCUT2D eigenvalue weighted by Gasteiger charge is -2.27. The molecule has 15 heavy (non-hydrogen) atoms. The van der Waals surface area contributed by atoms with E-state index < -0.39 is 0 Å². The van der Waals surface area contributed by atoms with Crippen LogP contribution in [0.3, 0.4) is 0 Å². The van der Waals surface area contributed by atoms with Crippen molar-refractivity contribution in [2.24, 2.45) is 5.73 Å². The van der Waals surface area contributed by atoms with Crippen LogP contribution in [0.5, 0.6) is 0 Å². The van der Waals surface area contributed by atoms with Gasteiger partial charge in [0.1, 0.15) is 5.82 Å². The molecule has 0 aliphatic rings. The Kier molecular flexibility index (Phi) is 4.11. The highest BCUT2D eigenvalue weighted by molar-refractivity contribution is 9.10. The zero-order chi connectivity index (χ0) is 11.5. The third-order valence-electron chi connectivity index (χ3n) is 2.27. The van der Waals surface area contributed by atoms with E-state index in [-0.39, 0.29) is 5.54 Å². The van der Waals surface area contributed by atoms with E-state index >= 15 is 0 Å². The van der Waals surface area contributed by atoms with E-state index in [0.717, 1.165) is 22.3 Å². The Morgan fingerprint density at radius 2 is 2.20 bits per heavy atom. The SMILES string of the molecule is Cc1cc(Br)cnc1NC(C)(C)CCN. The van der Waals surface area contributed by atoms with Gasteiger partial charge in [-0.1, -0.05) is 0 Å². The molecule has 0 aromatic carbocycles. The van der Waals surface area contributed by atoms with E-state index in [1.165, 1.54) is 0 Å². The summed E-state index contributed by atoms with van der Waals surface area (Å²) in [6.07, 6.45) is 2.72. The summed E-state index contributed by atoms with van der Waals surface area (Å²) in [7, 11) is 0. The molecule has 0 radical (unpaired) electrons. The number of hydrogen-bond acceptors (Lipinski definition) is 3. The molecule has 0 aliphatic heterocycles. The van der Waals surface area contributed by atoms with Crippen LogP contribution in [-0.4, -0.2) is 17.1 Å². The number of halogens is 1. The Balaban J connectivity index is 2.80. The molecule has 0 fully saturated rings. The molecule has 1 heterocycles. The average molecular weight is 272 g/mol. The monoisotopic (exact) mass is 271 g/mol. The van der Waals surface area contributed by atoms with E-state index in [4.69, 9.17) is 5.73 Å². The zero-order valence-corrected chi connectivity index (χ0v) is 11.1. The first kappa shape index (κ1) is 12.5. The second-order valence-electron chi connectivity index (χ2n) is 4.37. The van der Waals surface area contributed by atoms with Gasteiger partial charge in [-0.05, 0) is 61.3 Å². The molecular weight excluding hydrogens is 254 g/mol. The highest BCUT2D eigenvalue weighted by atomic mass is 79.9. The highest BCUT2D eigenvalue weighted by Crippen LogP contribution is 2.21. The normalized spacial score (nSPS) is 11.5. The number of aryl methyl sites for hydroxylation is 1. The first-order valence-corrected chi connectivity index (χ1v) is 5.84. The molecule has 0 spiro atoms. The minimum atomic E-state index is -0.0136. The minimum Gasteiger partial charge on any atom is -0.365 e. The van der Waals surface area contributed by atoms with Crippen LogP contribution in [-0.2, 0) is 0 Å². The summed E-state index contributed by atoms with van der Waals surface area (Å²) in [6, 6.07) is 2.05. The van der Waals surface area contributed by atoms with Crippen LogP contribution in [0.4, 0.5) is 5.82 Å². The molecule has 1 aromatic heterocycles. The van der Waals surface area contributed by atoms with Crippen molar-refractivity contribution in [3.63, 3.8) is 0 Å². The standard InChI is InChI=1S/C11H18BrN3/c1-8-6-9(12)7-14-10(8)15-11(2,3)4-5-13/h6-7H,4-5,13H2,1-3H3,(H,14,15).